The number of benzene rings is 2. The molecule has 0 saturated heterocycles. The van der Waals surface area contributed by atoms with Crippen LogP contribution in [0.1, 0.15) is 25.0 Å². The minimum absolute atomic E-state index is 0.00705. The van der Waals surface area contributed by atoms with Crippen LogP contribution >= 0.6 is 0 Å². The van der Waals surface area contributed by atoms with Crippen molar-refractivity contribution in [1.82, 2.24) is 5.32 Å². The maximum absolute atomic E-state index is 12.4. The first-order valence-corrected chi connectivity index (χ1v) is 8.25. The van der Waals surface area contributed by atoms with E-state index < -0.39 is 0 Å². The van der Waals surface area contributed by atoms with Gasteiger partial charge >= 0.3 is 0 Å². The predicted molar refractivity (Wildman–Crippen MR) is 93.5 cm³/mol. The zero-order valence-corrected chi connectivity index (χ0v) is 14.2. The van der Waals surface area contributed by atoms with Crippen molar-refractivity contribution in [3.63, 3.8) is 0 Å². The van der Waals surface area contributed by atoms with Crippen LogP contribution in [0.25, 0.3) is 0 Å². The van der Waals surface area contributed by atoms with Crippen LogP contribution in [-0.2, 0) is 17.6 Å². The fourth-order valence-electron chi connectivity index (χ4n) is 2.96. The number of hydrogen-bond acceptors (Lipinski definition) is 3. The van der Waals surface area contributed by atoms with Gasteiger partial charge in [0.25, 0.3) is 0 Å². The third-order valence-electron chi connectivity index (χ3n) is 3.94. The Bertz CT molecular complexity index is 710. The molecule has 126 valence electrons. The maximum atomic E-state index is 12.4. The number of carbonyl (C=O) groups is 1. The lowest BCUT2D eigenvalue weighted by Gasteiger charge is -2.26. The van der Waals surface area contributed by atoms with Gasteiger partial charge in [-0.05, 0) is 43.5 Å². The van der Waals surface area contributed by atoms with Gasteiger partial charge in [-0.1, -0.05) is 36.4 Å². The number of rotatable bonds is 5. The monoisotopic (exact) mass is 325 g/mol. The van der Waals surface area contributed by atoms with Crippen molar-refractivity contribution >= 4 is 5.91 Å². The van der Waals surface area contributed by atoms with Gasteiger partial charge in [0.05, 0.1) is 6.42 Å². The van der Waals surface area contributed by atoms with Gasteiger partial charge in [-0.25, -0.2) is 0 Å². The highest BCUT2D eigenvalue weighted by Gasteiger charge is 2.21. The molecular weight excluding hydrogens is 302 g/mol. The van der Waals surface area contributed by atoms with E-state index in [9.17, 15) is 4.79 Å². The summed E-state index contributed by atoms with van der Waals surface area (Å²) in [6, 6.07) is 15.9. The fourth-order valence-corrected chi connectivity index (χ4v) is 2.96. The standard InChI is InChI=1S/C20H23NO3/c1-20(2,14-15-6-4-3-5-7-15)21-19(22)13-16-8-9-17-18(12-16)24-11-10-23-17/h3-9,12H,10-11,13-14H2,1-2H3,(H,21,22). The molecule has 1 amide bonds. The smallest absolute Gasteiger partial charge is 0.224 e. The molecule has 1 heterocycles. The van der Waals surface area contributed by atoms with Gasteiger partial charge in [0.2, 0.25) is 5.91 Å². The molecule has 2 aromatic carbocycles. The summed E-state index contributed by atoms with van der Waals surface area (Å²) in [7, 11) is 0. The highest BCUT2D eigenvalue weighted by molar-refractivity contribution is 5.79. The van der Waals surface area contributed by atoms with E-state index in [4.69, 9.17) is 9.47 Å². The minimum atomic E-state index is -0.299. The highest BCUT2D eigenvalue weighted by Crippen LogP contribution is 2.30. The lowest BCUT2D eigenvalue weighted by molar-refractivity contribution is -0.122. The van der Waals surface area contributed by atoms with Crippen molar-refractivity contribution in [3.05, 3.63) is 59.7 Å². The summed E-state index contributed by atoms with van der Waals surface area (Å²) in [4.78, 5) is 12.4. The van der Waals surface area contributed by atoms with Crippen molar-refractivity contribution in [2.24, 2.45) is 0 Å². The summed E-state index contributed by atoms with van der Waals surface area (Å²) in [5, 5.41) is 3.12. The van der Waals surface area contributed by atoms with Crippen LogP contribution in [0.5, 0.6) is 11.5 Å². The van der Waals surface area contributed by atoms with Gasteiger partial charge in [0.15, 0.2) is 11.5 Å². The number of nitrogens with one attached hydrogen (secondary N) is 1. The van der Waals surface area contributed by atoms with E-state index in [1.54, 1.807) is 0 Å². The SMILES string of the molecule is CC(C)(Cc1ccccc1)NC(=O)Cc1ccc2c(c1)OCCO2. The van der Waals surface area contributed by atoms with Gasteiger partial charge in [-0.15, -0.1) is 0 Å². The molecule has 1 N–H and O–H groups in total. The minimum Gasteiger partial charge on any atom is -0.486 e. The highest BCUT2D eigenvalue weighted by atomic mass is 16.6. The Morgan fingerprint density at radius 1 is 1.00 bits per heavy atom. The molecular formula is C20H23NO3. The first kappa shape index (κ1) is 16.4. The normalized spacial score (nSPS) is 13.4. The zero-order valence-electron chi connectivity index (χ0n) is 14.2. The molecule has 0 atom stereocenters. The van der Waals surface area contributed by atoms with Crippen LogP contribution in [0.3, 0.4) is 0 Å². The summed E-state index contributed by atoms with van der Waals surface area (Å²) >= 11 is 0. The Kier molecular flexibility index (Phi) is 4.74. The average molecular weight is 325 g/mol. The summed E-state index contributed by atoms with van der Waals surface area (Å²) in [5.74, 6) is 1.47. The quantitative estimate of drug-likeness (QED) is 0.919. The van der Waals surface area contributed by atoms with Crippen molar-refractivity contribution in [2.45, 2.75) is 32.2 Å². The van der Waals surface area contributed by atoms with Gasteiger partial charge in [-0.3, -0.25) is 4.79 Å². The molecule has 4 heteroatoms. The molecule has 0 unspecified atom stereocenters. The Labute approximate surface area is 142 Å². The third kappa shape index (κ3) is 4.28. The second-order valence-electron chi connectivity index (χ2n) is 6.75. The summed E-state index contributed by atoms with van der Waals surface area (Å²) in [6.07, 6.45) is 1.12. The third-order valence-corrected chi connectivity index (χ3v) is 3.94. The molecule has 1 aliphatic heterocycles. The van der Waals surface area contributed by atoms with Gasteiger partial charge in [0.1, 0.15) is 13.2 Å². The van der Waals surface area contributed by atoms with E-state index in [2.05, 4.69) is 17.4 Å². The fraction of sp³-hybridized carbons (Fsp3) is 0.350. The summed E-state index contributed by atoms with van der Waals surface area (Å²) < 4.78 is 11.1. The summed E-state index contributed by atoms with van der Waals surface area (Å²) in [5.41, 5.74) is 1.83. The van der Waals surface area contributed by atoms with Crippen molar-refractivity contribution in [3.8, 4) is 11.5 Å². The molecule has 0 aromatic heterocycles. The van der Waals surface area contributed by atoms with E-state index in [0.717, 1.165) is 23.5 Å². The van der Waals surface area contributed by atoms with Crippen LogP contribution in [0.2, 0.25) is 0 Å². The molecule has 0 aliphatic carbocycles. The molecule has 0 fully saturated rings. The van der Waals surface area contributed by atoms with Gasteiger partial charge in [0, 0.05) is 5.54 Å². The van der Waals surface area contributed by atoms with E-state index in [1.807, 2.05) is 50.2 Å². The molecule has 24 heavy (non-hydrogen) atoms. The van der Waals surface area contributed by atoms with Gasteiger partial charge < -0.3 is 14.8 Å². The topological polar surface area (TPSA) is 47.6 Å². The first-order valence-electron chi connectivity index (χ1n) is 8.25. The van der Waals surface area contributed by atoms with Crippen molar-refractivity contribution in [2.75, 3.05) is 13.2 Å². The Morgan fingerprint density at radius 2 is 1.71 bits per heavy atom. The Hall–Kier alpha value is -2.49. The number of hydrogen-bond donors (Lipinski definition) is 1. The van der Waals surface area contributed by atoms with Crippen molar-refractivity contribution < 1.29 is 14.3 Å². The van der Waals surface area contributed by atoms with Crippen LogP contribution in [0, 0.1) is 0 Å². The molecule has 4 nitrogen and oxygen atoms in total. The molecule has 0 bridgehead atoms. The first-order chi connectivity index (χ1) is 11.5. The molecule has 3 rings (SSSR count). The number of ether oxygens (including phenoxy) is 2. The van der Waals surface area contributed by atoms with E-state index in [0.29, 0.717) is 19.6 Å². The van der Waals surface area contributed by atoms with Crippen LogP contribution in [0.4, 0.5) is 0 Å². The molecule has 0 radical (unpaired) electrons. The second kappa shape index (κ2) is 6.95. The Balaban J connectivity index is 1.60. The molecule has 0 saturated carbocycles. The largest absolute Gasteiger partial charge is 0.486 e. The Morgan fingerprint density at radius 3 is 2.46 bits per heavy atom. The lowest BCUT2D eigenvalue weighted by Crippen LogP contribution is -2.45. The average Bonchev–Trinajstić information content (AvgIpc) is 2.54. The van der Waals surface area contributed by atoms with Crippen LogP contribution < -0.4 is 14.8 Å². The van der Waals surface area contributed by atoms with E-state index in [1.165, 1.54) is 5.56 Å². The maximum Gasteiger partial charge on any atom is 0.224 e. The number of fused-ring (bicyclic) bond motifs is 1. The zero-order chi connectivity index (χ0) is 17.0. The van der Waals surface area contributed by atoms with Crippen LogP contribution in [0.15, 0.2) is 48.5 Å². The lowest BCUT2D eigenvalue weighted by atomic mass is 9.94. The van der Waals surface area contributed by atoms with Crippen molar-refractivity contribution in [1.29, 1.82) is 0 Å². The number of carbonyl (C=O) groups excluding carboxylic acids is 1. The molecule has 0 spiro atoms. The number of amides is 1. The molecule has 1 aliphatic rings. The van der Waals surface area contributed by atoms with Gasteiger partial charge in [-0.2, -0.15) is 0 Å². The predicted octanol–water partition coefficient (Wildman–Crippen LogP) is 3.14. The second-order valence-corrected chi connectivity index (χ2v) is 6.75. The van der Waals surface area contributed by atoms with Crippen LogP contribution in [-0.4, -0.2) is 24.7 Å². The van der Waals surface area contributed by atoms with E-state index in [-0.39, 0.29) is 11.4 Å². The molecule has 2 aromatic rings. The van der Waals surface area contributed by atoms with E-state index >= 15 is 0 Å². The summed E-state index contributed by atoms with van der Waals surface area (Å²) in [6.45, 7) is 5.21.